The number of nitrogens with two attached hydrogens (primary N) is 1. The van der Waals surface area contributed by atoms with Gasteiger partial charge >= 0.3 is 5.97 Å². The van der Waals surface area contributed by atoms with Crippen LogP contribution < -0.4 is 5.73 Å². The molecule has 0 aliphatic carbocycles. The number of carboxylic acid groups (broad SMARTS) is 1. The van der Waals surface area contributed by atoms with E-state index in [0.717, 1.165) is 5.01 Å². The van der Waals surface area contributed by atoms with Crippen molar-refractivity contribution >= 4 is 23.2 Å². The molecule has 1 amide bonds. The summed E-state index contributed by atoms with van der Waals surface area (Å²) >= 11 is 1.36. The summed E-state index contributed by atoms with van der Waals surface area (Å²) in [6.07, 6.45) is 0. The molecule has 0 aromatic carbocycles. The van der Waals surface area contributed by atoms with Gasteiger partial charge < -0.3 is 20.5 Å². The van der Waals surface area contributed by atoms with E-state index in [1.54, 1.807) is 17.2 Å². The molecule has 8 heteroatoms. The number of ether oxygens (including phenoxy) is 1. The van der Waals surface area contributed by atoms with Crippen LogP contribution in [0.5, 0.6) is 0 Å². The highest BCUT2D eigenvalue weighted by Crippen LogP contribution is 2.27. The highest BCUT2D eigenvalue weighted by Gasteiger charge is 2.43. The van der Waals surface area contributed by atoms with E-state index in [9.17, 15) is 9.59 Å². The Hall–Kier alpha value is -1.51. The number of amides is 1. The van der Waals surface area contributed by atoms with Crippen LogP contribution in [0.1, 0.15) is 35.4 Å². The largest absolute Gasteiger partial charge is 0.480 e. The summed E-state index contributed by atoms with van der Waals surface area (Å²) in [5.74, 6) is -1.19. The van der Waals surface area contributed by atoms with Crippen LogP contribution in [0.3, 0.4) is 0 Å². The second kappa shape index (κ2) is 5.47. The minimum absolute atomic E-state index is 0.176. The molecule has 1 aliphatic heterocycles. The summed E-state index contributed by atoms with van der Waals surface area (Å²) in [5, 5.41) is 11.0. The fourth-order valence-corrected chi connectivity index (χ4v) is 2.74. The van der Waals surface area contributed by atoms with Gasteiger partial charge in [-0.15, -0.1) is 11.3 Å². The maximum atomic E-state index is 12.1. The molecule has 3 N–H and O–H groups in total. The molecule has 1 saturated heterocycles. The Kier molecular flexibility index (Phi) is 4.07. The summed E-state index contributed by atoms with van der Waals surface area (Å²) in [7, 11) is 0. The van der Waals surface area contributed by atoms with E-state index in [2.05, 4.69) is 4.98 Å². The molecule has 1 aromatic rings. The molecular weight excluding hydrogens is 282 g/mol. The average molecular weight is 299 g/mol. The van der Waals surface area contributed by atoms with Gasteiger partial charge in [-0.2, -0.15) is 0 Å². The summed E-state index contributed by atoms with van der Waals surface area (Å²) < 4.78 is 5.26. The summed E-state index contributed by atoms with van der Waals surface area (Å²) in [4.78, 5) is 28.4. The first-order chi connectivity index (χ1) is 9.31. The normalized spacial score (nSPS) is 18.4. The van der Waals surface area contributed by atoms with Crippen LogP contribution in [-0.4, -0.2) is 52.2 Å². The van der Waals surface area contributed by atoms with Crippen LogP contribution in [0.4, 0.5) is 0 Å². The lowest BCUT2D eigenvalue weighted by molar-refractivity contribution is -0.159. The number of carboxylic acids is 1. The molecule has 20 heavy (non-hydrogen) atoms. The predicted octanol–water partition coefficient (Wildman–Crippen LogP) is 0.478. The number of likely N-dealkylation sites (tertiary alicyclic amines) is 1. The summed E-state index contributed by atoms with van der Waals surface area (Å²) in [5.41, 5.74) is 5.50. The van der Waals surface area contributed by atoms with Crippen molar-refractivity contribution in [2.45, 2.75) is 25.5 Å². The molecule has 0 saturated carbocycles. The Morgan fingerprint density at radius 2 is 2.30 bits per heavy atom. The zero-order valence-electron chi connectivity index (χ0n) is 11.3. The van der Waals surface area contributed by atoms with Crippen molar-refractivity contribution in [3.8, 4) is 0 Å². The molecule has 0 radical (unpaired) electrons. The van der Waals surface area contributed by atoms with Gasteiger partial charge in [-0.05, 0) is 13.8 Å². The van der Waals surface area contributed by atoms with Crippen LogP contribution in [-0.2, 0) is 9.53 Å². The van der Waals surface area contributed by atoms with Crippen molar-refractivity contribution in [2.75, 3.05) is 19.7 Å². The van der Waals surface area contributed by atoms with Gasteiger partial charge in [0.15, 0.2) is 0 Å². The molecule has 0 spiro atoms. The summed E-state index contributed by atoms with van der Waals surface area (Å²) in [6, 6.07) is -0.192. The molecule has 7 nitrogen and oxygen atoms in total. The number of carbonyl (C=O) groups is 2. The van der Waals surface area contributed by atoms with Gasteiger partial charge in [0.2, 0.25) is 0 Å². The lowest BCUT2D eigenvalue weighted by Gasteiger charge is -2.46. The van der Waals surface area contributed by atoms with Crippen LogP contribution in [0.2, 0.25) is 0 Å². The van der Waals surface area contributed by atoms with Crippen LogP contribution in [0.25, 0.3) is 0 Å². The third-order valence-electron chi connectivity index (χ3n) is 3.01. The van der Waals surface area contributed by atoms with Crippen molar-refractivity contribution in [2.24, 2.45) is 5.73 Å². The van der Waals surface area contributed by atoms with E-state index < -0.39 is 11.6 Å². The van der Waals surface area contributed by atoms with Crippen molar-refractivity contribution in [1.29, 1.82) is 0 Å². The van der Waals surface area contributed by atoms with Gasteiger partial charge in [0, 0.05) is 5.38 Å². The van der Waals surface area contributed by atoms with E-state index in [0.29, 0.717) is 18.8 Å². The lowest BCUT2D eigenvalue weighted by atomic mass is 9.96. The smallest absolute Gasteiger partial charge is 0.329 e. The van der Waals surface area contributed by atoms with Crippen molar-refractivity contribution in [3.63, 3.8) is 0 Å². The number of rotatable bonds is 5. The fourth-order valence-electron chi connectivity index (χ4n) is 1.99. The fraction of sp³-hybridized carbons (Fsp3) is 0.583. The first kappa shape index (κ1) is 14.9. The lowest BCUT2D eigenvalue weighted by Crippen LogP contribution is -2.63. The van der Waals surface area contributed by atoms with Crippen LogP contribution in [0.15, 0.2) is 5.38 Å². The molecule has 110 valence electrons. The Balaban J connectivity index is 1.91. The molecule has 0 bridgehead atoms. The van der Waals surface area contributed by atoms with Gasteiger partial charge in [0.25, 0.3) is 5.91 Å². The Morgan fingerprint density at radius 1 is 1.65 bits per heavy atom. The number of aromatic nitrogens is 1. The first-order valence-corrected chi connectivity index (χ1v) is 7.05. The molecule has 1 unspecified atom stereocenters. The number of thiazole rings is 1. The minimum atomic E-state index is -1.02. The number of carbonyl (C=O) groups excluding carboxylic acids is 1. The van der Waals surface area contributed by atoms with E-state index >= 15 is 0 Å². The van der Waals surface area contributed by atoms with Gasteiger partial charge in [0.05, 0.1) is 19.1 Å². The van der Waals surface area contributed by atoms with Gasteiger partial charge in [-0.1, -0.05) is 0 Å². The number of aliphatic carboxylic acids is 1. The highest BCUT2D eigenvalue weighted by atomic mass is 32.1. The quantitative estimate of drug-likeness (QED) is 0.819. The Labute approximate surface area is 120 Å². The maximum Gasteiger partial charge on any atom is 0.329 e. The maximum absolute atomic E-state index is 12.1. The molecular formula is C12H17N3O4S. The standard InChI is InChI=1S/C12H17N3O4S/c1-7(13)10-14-8(4-20-10)11(18)15-5-12(2,6-15)19-3-9(16)17/h4,7H,3,5-6,13H2,1-2H3,(H,16,17). The topological polar surface area (TPSA) is 106 Å². The predicted molar refractivity (Wildman–Crippen MR) is 72.6 cm³/mol. The van der Waals surface area contributed by atoms with Gasteiger partial charge in [-0.25, -0.2) is 9.78 Å². The van der Waals surface area contributed by atoms with Crippen molar-refractivity contribution < 1.29 is 19.4 Å². The summed E-state index contributed by atoms with van der Waals surface area (Å²) in [6.45, 7) is 3.97. The molecule has 1 fully saturated rings. The number of hydrogen-bond donors (Lipinski definition) is 2. The first-order valence-electron chi connectivity index (χ1n) is 6.17. The highest BCUT2D eigenvalue weighted by molar-refractivity contribution is 7.09. The number of nitrogens with zero attached hydrogens (tertiary/aromatic N) is 2. The van der Waals surface area contributed by atoms with E-state index in [1.807, 2.05) is 6.92 Å². The average Bonchev–Trinajstić information content (AvgIpc) is 2.81. The van der Waals surface area contributed by atoms with Crippen LogP contribution in [0, 0.1) is 0 Å². The molecule has 2 rings (SSSR count). The van der Waals surface area contributed by atoms with Gasteiger partial charge in [-0.3, -0.25) is 4.79 Å². The molecule has 2 heterocycles. The Morgan fingerprint density at radius 3 is 2.80 bits per heavy atom. The zero-order chi connectivity index (χ0) is 14.9. The van der Waals surface area contributed by atoms with Gasteiger partial charge in [0.1, 0.15) is 22.9 Å². The molecule has 1 atom stereocenters. The third kappa shape index (κ3) is 3.14. The van der Waals surface area contributed by atoms with Crippen molar-refractivity contribution in [3.05, 3.63) is 16.1 Å². The van der Waals surface area contributed by atoms with Crippen molar-refractivity contribution in [1.82, 2.24) is 9.88 Å². The van der Waals surface area contributed by atoms with Crippen LogP contribution >= 0.6 is 11.3 Å². The van der Waals surface area contributed by atoms with E-state index in [-0.39, 0.29) is 18.6 Å². The monoisotopic (exact) mass is 299 g/mol. The molecule has 1 aromatic heterocycles. The molecule has 1 aliphatic rings. The van der Waals surface area contributed by atoms with E-state index in [1.165, 1.54) is 11.3 Å². The Bertz CT molecular complexity index is 523. The SMILES string of the molecule is CC(N)c1nc(C(=O)N2CC(C)(OCC(=O)O)C2)cs1. The third-order valence-corrected chi connectivity index (χ3v) is 4.06. The second-order valence-electron chi connectivity index (χ2n) is 5.15. The van der Waals surface area contributed by atoms with E-state index in [4.69, 9.17) is 15.6 Å². The minimum Gasteiger partial charge on any atom is -0.480 e. The zero-order valence-corrected chi connectivity index (χ0v) is 12.1. The second-order valence-corrected chi connectivity index (χ2v) is 6.04. The number of hydrogen-bond acceptors (Lipinski definition) is 6.